The number of ether oxygens (including phenoxy) is 1. The molecule has 4 rings (SSSR count). The van der Waals surface area contributed by atoms with Gasteiger partial charge in [-0.25, -0.2) is 4.98 Å². The molecule has 0 radical (unpaired) electrons. The number of thioether (sulfide) groups is 1. The number of likely N-dealkylation sites (N-methyl/N-ethyl adjacent to an activating group) is 1. The van der Waals surface area contributed by atoms with Crippen LogP contribution in [-0.2, 0) is 6.42 Å². The van der Waals surface area contributed by atoms with Gasteiger partial charge < -0.3 is 14.5 Å². The second kappa shape index (κ2) is 9.99. The molecule has 2 aromatic rings. The molecular weight excluding hydrogens is 398 g/mol. The number of rotatable bonds is 7. The van der Waals surface area contributed by atoms with Crippen molar-refractivity contribution in [1.82, 2.24) is 29.8 Å². The average molecular weight is 426 g/mol. The molecule has 1 aliphatic carbocycles. The molecular formula is C21H27N7OS. The van der Waals surface area contributed by atoms with Crippen molar-refractivity contribution in [3.8, 4) is 11.9 Å². The molecule has 0 amide bonds. The zero-order valence-corrected chi connectivity index (χ0v) is 18.3. The minimum absolute atomic E-state index is 0.283. The van der Waals surface area contributed by atoms with Crippen molar-refractivity contribution in [2.45, 2.75) is 31.3 Å². The lowest BCUT2D eigenvalue weighted by molar-refractivity contribution is 0.310. The normalized spacial score (nSPS) is 17.1. The van der Waals surface area contributed by atoms with Gasteiger partial charge in [0.1, 0.15) is 5.82 Å². The first-order chi connectivity index (χ1) is 14.7. The summed E-state index contributed by atoms with van der Waals surface area (Å²) in [5.41, 5.74) is 1.40. The quantitative estimate of drug-likeness (QED) is 0.491. The van der Waals surface area contributed by atoms with Gasteiger partial charge in [-0.3, -0.25) is 0 Å². The van der Waals surface area contributed by atoms with Crippen LogP contribution in [0.25, 0.3) is 0 Å². The van der Waals surface area contributed by atoms with Crippen molar-refractivity contribution >= 4 is 17.7 Å². The molecule has 8 nitrogen and oxygen atoms in total. The topological polar surface area (TPSA) is 80.2 Å². The van der Waals surface area contributed by atoms with Crippen LogP contribution in [0.2, 0.25) is 0 Å². The highest BCUT2D eigenvalue weighted by Gasteiger charge is 2.19. The van der Waals surface area contributed by atoms with Gasteiger partial charge in [0.2, 0.25) is 11.8 Å². The van der Waals surface area contributed by atoms with Gasteiger partial charge >= 0.3 is 6.01 Å². The maximum atomic E-state index is 5.92. The van der Waals surface area contributed by atoms with Crippen molar-refractivity contribution in [3.05, 3.63) is 41.9 Å². The summed E-state index contributed by atoms with van der Waals surface area (Å²) in [5.74, 6) is 2.72. The molecule has 0 bridgehead atoms. The van der Waals surface area contributed by atoms with E-state index in [1.54, 1.807) is 24.0 Å². The maximum absolute atomic E-state index is 5.92. The molecule has 0 saturated carbocycles. The summed E-state index contributed by atoms with van der Waals surface area (Å²) in [4.78, 5) is 27.0. The minimum atomic E-state index is 0.283. The Morgan fingerprint density at radius 1 is 1.10 bits per heavy atom. The number of hydrogen-bond donors (Lipinski definition) is 0. The molecule has 30 heavy (non-hydrogen) atoms. The molecule has 3 heterocycles. The Kier molecular flexibility index (Phi) is 6.91. The lowest BCUT2D eigenvalue weighted by Crippen LogP contribution is -2.45. The maximum Gasteiger partial charge on any atom is 0.328 e. The zero-order chi connectivity index (χ0) is 20.8. The van der Waals surface area contributed by atoms with Gasteiger partial charge in [-0.2, -0.15) is 19.9 Å². The first-order valence-electron chi connectivity index (χ1n) is 10.4. The smallest absolute Gasteiger partial charge is 0.328 e. The molecule has 9 heteroatoms. The molecule has 0 unspecified atom stereocenters. The van der Waals surface area contributed by atoms with Gasteiger partial charge in [0, 0.05) is 50.6 Å². The number of piperazine rings is 1. The molecule has 1 aliphatic heterocycles. The summed E-state index contributed by atoms with van der Waals surface area (Å²) in [7, 11) is 2.13. The number of hydrogen-bond acceptors (Lipinski definition) is 9. The summed E-state index contributed by atoms with van der Waals surface area (Å²) in [5, 5.41) is 0.687. The van der Waals surface area contributed by atoms with Crippen LogP contribution in [0.3, 0.4) is 0 Å². The average Bonchev–Trinajstić information content (AvgIpc) is 2.79. The van der Waals surface area contributed by atoms with Crippen molar-refractivity contribution in [2.75, 3.05) is 43.9 Å². The SMILES string of the molecule is CCc1nc(Oc2ccnc(SCC3=CC=CCC3)n2)nc(N2CCN(C)CC2)n1. The second-order valence-corrected chi connectivity index (χ2v) is 8.28. The monoisotopic (exact) mass is 425 g/mol. The van der Waals surface area contributed by atoms with Gasteiger partial charge in [0.05, 0.1) is 0 Å². The van der Waals surface area contributed by atoms with Crippen molar-refractivity contribution in [2.24, 2.45) is 0 Å². The van der Waals surface area contributed by atoms with E-state index < -0.39 is 0 Å². The third kappa shape index (κ3) is 5.54. The Balaban J connectivity index is 1.46. The summed E-state index contributed by atoms with van der Waals surface area (Å²) in [6, 6.07) is 2.02. The molecule has 0 aromatic carbocycles. The van der Waals surface area contributed by atoms with Gasteiger partial charge in [-0.05, 0) is 19.9 Å². The Morgan fingerprint density at radius 3 is 2.73 bits per heavy atom. The summed E-state index contributed by atoms with van der Waals surface area (Å²) >= 11 is 1.61. The van der Waals surface area contributed by atoms with Gasteiger partial charge in [-0.1, -0.05) is 42.5 Å². The predicted octanol–water partition coefficient (Wildman–Crippen LogP) is 3.14. The standard InChI is InChI=1S/C21H27N7OS/c1-3-17-23-19(28-13-11-27(2)12-14-28)26-20(24-17)29-18-9-10-22-21(25-18)30-15-16-7-5-4-6-8-16/h4-5,7,9-10H,3,6,8,11-15H2,1-2H3. The fraction of sp³-hybridized carbons (Fsp3) is 0.476. The van der Waals surface area contributed by atoms with Crippen LogP contribution in [0, 0.1) is 0 Å². The van der Waals surface area contributed by atoms with Gasteiger partial charge in [0.15, 0.2) is 5.16 Å². The molecule has 0 spiro atoms. The summed E-state index contributed by atoms with van der Waals surface area (Å²) in [6.07, 6.45) is 11.1. The van der Waals surface area contributed by atoms with Crippen LogP contribution >= 0.6 is 11.8 Å². The first-order valence-corrected chi connectivity index (χ1v) is 11.3. The molecule has 2 aliphatic rings. The Bertz CT molecular complexity index is 925. The highest BCUT2D eigenvalue weighted by atomic mass is 32.2. The Hall–Kier alpha value is -2.52. The highest BCUT2D eigenvalue weighted by Crippen LogP contribution is 2.24. The fourth-order valence-corrected chi connectivity index (χ4v) is 4.06. The van der Waals surface area contributed by atoms with Gasteiger partial charge in [0.25, 0.3) is 0 Å². The van der Waals surface area contributed by atoms with E-state index in [9.17, 15) is 0 Å². The summed E-state index contributed by atoms with van der Waals surface area (Å²) in [6.45, 7) is 5.79. The van der Waals surface area contributed by atoms with E-state index in [2.05, 4.69) is 60.0 Å². The minimum Gasteiger partial charge on any atom is -0.405 e. The van der Waals surface area contributed by atoms with Crippen molar-refractivity contribution in [1.29, 1.82) is 0 Å². The third-order valence-electron chi connectivity index (χ3n) is 5.04. The number of anilines is 1. The van der Waals surface area contributed by atoms with E-state index in [0.717, 1.165) is 50.6 Å². The first kappa shape index (κ1) is 20.7. The zero-order valence-electron chi connectivity index (χ0n) is 17.5. The number of aryl methyl sites for hydroxylation is 1. The van der Waals surface area contributed by atoms with Crippen molar-refractivity contribution in [3.63, 3.8) is 0 Å². The van der Waals surface area contributed by atoms with E-state index in [4.69, 9.17) is 4.74 Å². The molecule has 1 saturated heterocycles. The van der Waals surface area contributed by atoms with E-state index in [0.29, 0.717) is 23.4 Å². The molecule has 1 fully saturated rings. The van der Waals surface area contributed by atoms with E-state index in [1.165, 1.54) is 5.57 Å². The van der Waals surface area contributed by atoms with Crippen LogP contribution in [0.4, 0.5) is 5.95 Å². The predicted molar refractivity (Wildman–Crippen MR) is 118 cm³/mol. The van der Waals surface area contributed by atoms with Crippen LogP contribution in [0.15, 0.2) is 41.2 Å². The van der Waals surface area contributed by atoms with E-state index >= 15 is 0 Å². The van der Waals surface area contributed by atoms with Crippen LogP contribution in [0.1, 0.15) is 25.6 Å². The largest absolute Gasteiger partial charge is 0.405 e. The fourth-order valence-electron chi connectivity index (χ4n) is 3.21. The number of aromatic nitrogens is 5. The van der Waals surface area contributed by atoms with E-state index in [-0.39, 0.29) is 6.01 Å². The van der Waals surface area contributed by atoms with Gasteiger partial charge in [-0.15, -0.1) is 0 Å². The molecule has 0 atom stereocenters. The Labute approximate surface area is 181 Å². The lowest BCUT2D eigenvalue weighted by Gasteiger charge is -2.32. The molecule has 2 aromatic heterocycles. The molecule has 0 N–H and O–H groups in total. The van der Waals surface area contributed by atoms with Crippen LogP contribution in [0.5, 0.6) is 11.9 Å². The van der Waals surface area contributed by atoms with Crippen LogP contribution < -0.4 is 9.64 Å². The van der Waals surface area contributed by atoms with Crippen molar-refractivity contribution < 1.29 is 4.74 Å². The third-order valence-corrected chi connectivity index (χ3v) is 6.01. The second-order valence-electron chi connectivity index (χ2n) is 7.34. The van der Waals surface area contributed by atoms with Crippen LogP contribution in [-0.4, -0.2) is 68.8 Å². The number of nitrogens with zero attached hydrogens (tertiary/aromatic N) is 7. The highest BCUT2D eigenvalue weighted by molar-refractivity contribution is 7.99. The van der Waals surface area contributed by atoms with E-state index in [1.807, 2.05) is 6.92 Å². The number of allylic oxidation sites excluding steroid dienone is 3. The summed E-state index contributed by atoms with van der Waals surface area (Å²) < 4.78 is 5.92. The Morgan fingerprint density at radius 2 is 1.97 bits per heavy atom. The molecule has 158 valence electrons. The lowest BCUT2D eigenvalue weighted by atomic mass is 10.1.